The molecule has 1 N–H and O–H groups in total. The number of aromatic nitrogens is 1. The SMILES string of the molecule is O=c1[nH]oc2c(I)cc(I)cc12. The molecule has 0 aliphatic carbocycles. The summed E-state index contributed by atoms with van der Waals surface area (Å²) < 4.78 is 6.98. The molecule has 0 radical (unpaired) electrons. The molecule has 0 saturated heterocycles. The van der Waals surface area contributed by atoms with Crippen LogP contribution in [0.4, 0.5) is 0 Å². The minimum Gasteiger partial charge on any atom is -0.377 e. The molecule has 62 valence electrons. The topological polar surface area (TPSA) is 46.0 Å². The normalized spacial score (nSPS) is 10.8. The summed E-state index contributed by atoms with van der Waals surface area (Å²) in [6.45, 7) is 0. The van der Waals surface area contributed by atoms with Crippen LogP contribution in [0.25, 0.3) is 11.0 Å². The van der Waals surface area contributed by atoms with Crippen LogP contribution >= 0.6 is 45.2 Å². The maximum absolute atomic E-state index is 11.1. The molecule has 0 atom stereocenters. The number of H-pyrrole nitrogens is 1. The summed E-state index contributed by atoms with van der Waals surface area (Å²) in [5.74, 6) is 0. The molecular weight excluding hydrogens is 384 g/mol. The van der Waals surface area contributed by atoms with Crippen LogP contribution in [0.3, 0.4) is 0 Å². The molecule has 2 rings (SSSR count). The lowest BCUT2D eigenvalue weighted by atomic mass is 10.3. The second-order valence-electron chi connectivity index (χ2n) is 2.30. The van der Waals surface area contributed by atoms with E-state index in [-0.39, 0.29) is 5.56 Å². The van der Waals surface area contributed by atoms with Gasteiger partial charge in [-0.2, -0.15) is 5.16 Å². The second-order valence-corrected chi connectivity index (χ2v) is 4.71. The number of hydrogen-bond acceptors (Lipinski definition) is 2. The molecular formula is C7H3I2NO2. The van der Waals surface area contributed by atoms with E-state index < -0.39 is 0 Å². The minimum absolute atomic E-state index is 0.165. The quantitative estimate of drug-likeness (QED) is 0.706. The molecule has 2 aromatic rings. The fourth-order valence-corrected chi connectivity index (χ4v) is 2.94. The average Bonchev–Trinajstić information content (AvgIpc) is 2.33. The molecule has 12 heavy (non-hydrogen) atoms. The summed E-state index contributed by atoms with van der Waals surface area (Å²) in [5.41, 5.74) is 0.474. The predicted molar refractivity (Wildman–Crippen MR) is 62.3 cm³/mol. The van der Waals surface area contributed by atoms with E-state index in [4.69, 9.17) is 4.52 Å². The molecule has 0 saturated carbocycles. The Morgan fingerprint density at radius 3 is 2.83 bits per heavy atom. The van der Waals surface area contributed by atoms with Gasteiger partial charge in [-0.05, 0) is 57.3 Å². The van der Waals surface area contributed by atoms with Gasteiger partial charge in [-0.15, -0.1) is 0 Å². The molecule has 0 bridgehead atoms. The first-order chi connectivity index (χ1) is 5.68. The molecule has 0 unspecified atom stereocenters. The zero-order valence-electron chi connectivity index (χ0n) is 5.73. The van der Waals surface area contributed by atoms with Gasteiger partial charge in [0, 0.05) is 3.57 Å². The van der Waals surface area contributed by atoms with Crippen molar-refractivity contribution in [2.45, 2.75) is 0 Å². The van der Waals surface area contributed by atoms with Crippen molar-refractivity contribution in [2.75, 3.05) is 0 Å². The maximum atomic E-state index is 11.1. The summed E-state index contributed by atoms with van der Waals surface area (Å²) >= 11 is 4.31. The van der Waals surface area contributed by atoms with Crippen molar-refractivity contribution in [2.24, 2.45) is 0 Å². The number of aromatic amines is 1. The fraction of sp³-hybridized carbons (Fsp3) is 0. The molecule has 0 amide bonds. The van der Waals surface area contributed by atoms with Crippen molar-refractivity contribution in [1.29, 1.82) is 0 Å². The zero-order valence-corrected chi connectivity index (χ0v) is 10.0. The fourth-order valence-electron chi connectivity index (χ4n) is 0.985. The second kappa shape index (κ2) is 3.02. The smallest absolute Gasteiger partial charge is 0.287 e. The first-order valence-corrected chi connectivity index (χ1v) is 5.30. The molecule has 5 heteroatoms. The number of fused-ring (bicyclic) bond motifs is 1. The van der Waals surface area contributed by atoms with E-state index in [2.05, 4.69) is 50.3 Å². The van der Waals surface area contributed by atoms with E-state index in [1.165, 1.54) is 0 Å². The van der Waals surface area contributed by atoms with Gasteiger partial charge in [-0.1, -0.05) is 0 Å². The Morgan fingerprint density at radius 1 is 1.33 bits per heavy atom. The Morgan fingerprint density at radius 2 is 2.08 bits per heavy atom. The monoisotopic (exact) mass is 387 g/mol. The predicted octanol–water partition coefficient (Wildman–Crippen LogP) is 2.33. The molecule has 1 aromatic heterocycles. The van der Waals surface area contributed by atoms with Crippen LogP contribution in [-0.2, 0) is 0 Å². The number of hydrogen-bond donors (Lipinski definition) is 1. The van der Waals surface area contributed by atoms with Gasteiger partial charge in [0.15, 0.2) is 5.58 Å². The van der Waals surface area contributed by atoms with E-state index in [1.54, 1.807) is 6.07 Å². The highest BCUT2D eigenvalue weighted by Gasteiger charge is 2.07. The summed E-state index contributed by atoms with van der Waals surface area (Å²) in [6, 6.07) is 3.76. The zero-order chi connectivity index (χ0) is 8.72. The highest BCUT2D eigenvalue weighted by atomic mass is 127. The summed E-state index contributed by atoms with van der Waals surface area (Å²) in [7, 11) is 0. The van der Waals surface area contributed by atoms with Crippen LogP contribution in [0, 0.1) is 7.14 Å². The van der Waals surface area contributed by atoms with Crippen molar-refractivity contribution < 1.29 is 4.52 Å². The van der Waals surface area contributed by atoms with Gasteiger partial charge >= 0.3 is 0 Å². The summed E-state index contributed by atoms with van der Waals surface area (Å²) in [4.78, 5) is 11.1. The van der Waals surface area contributed by atoms with Gasteiger partial charge < -0.3 is 4.52 Å². The first kappa shape index (κ1) is 8.54. The maximum Gasteiger partial charge on any atom is 0.287 e. The van der Waals surface area contributed by atoms with Crippen LogP contribution in [-0.4, -0.2) is 5.16 Å². The van der Waals surface area contributed by atoms with Crippen LogP contribution in [0.2, 0.25) is 0 Å². The van der Waals surface area contributed by atoms with Crippen molar-refractivity contribution in [3.05, 3.63) is 29.6 Å². The Kier molecular flexibility index (Phi) is 2.15. The molecule has 0 fully saturated rings. The van der Waals surface area contributed by atoms with E-state index in [9.17, 15) is 4.79 Å². The van der Waals surface area contributed by atoms with Crippen LogP contribution in [0.15, 0.2) is 21.5 Å². The Hall–Kier alpha value is -0.0500. The highest BCUT2D eigenvalue weighted by Crippen LogP contribution is 2.20. The number of benzene rings is 1. The minimum atomic E-state index is -0.165. The molecule has 0 aliphatic rings. The van der Waals surface area contributed by atoms with Crippen molar-refractivity contribution in [3.63, 3.8) is 0 Å². The van der Waals surface area contributed by atoms with Crippen molar-refractivity contribution in [3.8, 4) is 0 Å². The molecule has 1 aromatic carbocycles. The number of nitrogens with one attached hydrogen (secondary N) is 1. The van der Waals surface area contributed by atoms with Gasteiger partial charge in [0.05, 0.1) is 8.96 Å². The van der Waals surface area contributed by atoms with E-state index in [0.717, 1.165) is 7.14 Å². The number of rotatable bonds is 0. The van der Waals surface area contributed by atoms with Gasteiger partial charge in [0.25, 0.3) is 5.56 Å². The third-order valence-electron chi connectivity index (χ3n) is 1.50. The van der Waals surface area contributed by atoms with Crippen molar-refractivity contribution in [1.82, 2.24) is 5.16 Å². The van der Waals surface area contributed by atoms with E-state index in [0.29, 0.717) is 11.0 Å². The lowest BCUT2D eigenvalue weighted by Gasteiger charge is -1.91. The molecule has 0 spiro atoms. The average molecular weight is 387 g/mol. The molecule has 3 nitrogen and oxygen atoms in total. The molecule has 0 aliphatic heterocycles. The third kappa shape index (κ3) is 1.28. The molecule has 1 heterocycles. The summed E-state index contributed by atoms with van der Waals surface area (Å²) in [6.07, 6.45) is 0. The highest BCUT2D eigenvalue weighted by molar-refractivity contribution is 14.1. The van der Waals surface area contributed by atoms with Gasteiger partial charge in [0.2, 0.25) is 0 Å². The van der Waals surface area contributed by atoms with Gasteiger partial charge in [-0.3, -0.25) is 4.79 Å². The third-order valence-corrected chi connectivity index (χ3v) is 2.92. The standard InChI is InChI=1S/C7H3I2NO2/c8-3-1-4-6(5(9)2-3)12-10-7(4)11/h1-2H,(H,10,11). The van der Waals surface area contributed by atoms with Crippen molar-refractivity contribution >= 4 is 56.2 Å². The lowest BCUT2D eigenvalue weighted by Crippen LogP contribution is -1.96. The van der Waals surface area contributed by atoms with Crippen LogP contribution in [0.5, 0.6) is 0 Å². The van der Waals surface area contributed by atoms with Crippen LogP contribution < -0.4 is 5.56 Å². The Balaban J connectivity index is 3.02. The van der Waals surface area contributed by atoms with Gasteiger partial charge in [-0.25, -0.2) is 0 Å². The van der Waals surface area contributed by atoms with E-state index >= 15 is 0 Å². The first-order valence-electron chi connectivity index (χ1n) is 3.15. The van der Waals surface area contributed by atoms with Crippen LogP contribution in [0.1, 0.15) is 0 Å². The van der Waals surface area contributed by atoms with Gasteiger partial charge in [0.1, 0.15) is 0 Å². The Labute approximate surface area is 94.8 Å². The number of halogens is 2. The summed E-state index contributed by atoms with van der Waals surface area (Å²) in [5, 5.41) is 2.92. The van der Waals surface area contributed by atoms with E-state index in [1.807, 2.05) is 6.07 Å². The Bertz CT molecular complexity index is 486. The lowest BCUT2D eigenvalue weighted by molar-refractivity contribution is 0.447. The largest absolute Gasteiger partial charge is 0.377 e.